The number of rotatable bonds is 0. The lowest BCUT2D eigenvalue weighted by Gasteiger charge is -2.24. The first-order chi connectivity index (χ1) is 10.3. The second-order valence-corrected chi connectivity index (χ2v) is 5.64. The predicted molar refractivity (Wildman–Crippen MR) is 79.7 cm³/mol. The minimum absolute atomic E-state index is 0.300. The topological polar surface area (TPSA) is 37.8 Å². The SMILES string of the molecule is CN1c2cccnc2N2c3cc4c(cc3CC12)OCCO4. The molecule has 5 rings (SSSR count). The number of hydrogen-bond donors (Lipinski definition) is 0. The average molecular weight is 281 g/mol. The van der Waals surface area contributed by atoms with Crippen molar-refractivity contribution in [3.63, 3.8) is 0 Å². The molecule has 4 heterocycles. The van der Waals surface area contributed by atoms with Crippen LogP contribution >= 0.6 is 0 Å². The van der Waals surface area contributed by atoms with Gasteiger partial charge in [0.05, 0.1) is 11.4 Å². The third-order valence-electron chi connectivity index (χ3n) is 4.52. The van der Waals surface area contributed by atoms with E-state index in [1.807, 2.05) is 12.3 Å². The van der Waals surface area contributed by atoms with Gasteiger partial charge in [-0.15, -0.1) is 0 Å². The van der Waals surface area contributed by atoms with Crippen LogP contribution < -0.4 is 19.3 Å². The van der Waals surface area contributed by atoms with E-state index in [-0.39, 0.29) is 0 Å². The summed E-state index contributed by atoms with van der Waals surface area (Å²) in [7, 11) is 2.13. The molecule has 0 fully saturated rings. The summed E-state index contributed by atoms with van der Waals surface area (Å²) in [4.78, 5) is 9.18. The van der Waals surface area contributed by atoms with Gasteiger partial charge in [0.1, 0.15) is 19.4 Å². The van der Waals surface area contributed by atoms with Crippen molar-refractivity contribution in [1.82, 2.24) is 4.98 Å². The van der Waals surface area contributed by atoms with E-state index in [0.29, 0.717) is 19.4 Å². The third kappa shape index (κ3) is 1.38. The second kappa shape index (κ2) is 3.81. The summed E-state index contributed by atoms with van der Waals surface area (Å²) in [5.74, 6) is 2.73. The minimum atomic E-state index is 0.300. The van der Waals surface area contributed by atoms with Crippen LogP contribution in [-0.4, -0.2) is 31.4 Å². The van der Waals surface area contributed by atoms with E-state index in [4.69, 9.17) is 9.47 Å². The fourth-order valence-electron chi connectivity index (χ4n) is 3.53. The summed E-state index contributed by atoms with van der Waals surface area (Å²) in [6.07, 6.45) is 3.12. The van der Waals surface area contributed by atoms with E-state index in [1.54, 1.807) is 0 Å². The predicted octanol–water partition coefficient (Wildman–Crippen LogP) is 2.32. The van der Waals surface area contributed by atoms with Gasteiger partial charge in [0.25, 0.3) is 0 Å². The molecule has 21 heavy (non-hydrogen) atoms. The lowest BCUT2D eigenvalue weighted by Crippen LogP contribution is -2.36. The molecule has 5 nitrogen and oxygen atoms in total. The van der Waals surface area contributed by atoms with Crippen LogP contribution in [0.3, 0.4) is 0 Å². The maximum absolute atomic E-state index is 5.73. The molecule has 0 N–H and O–H groups in total. The van der Waals surface area contributed by atoms with E-state index in [1.165, 1.54) is 16.9 Å². The largest absolute Gasteiger partial charge is 0.486 e. The number of benzene rings is 1. The Balaban J connectivity index is 1.69. The van der Waals surface area contributed by atoms with Crippen molar-refractivity contribution in [1.29, 1.82) is 0 Å². The molecule has 1 atom stereocenters. The Morgan fingerprint density at radius 3 is 2.81 bits per heavy atom. The molecule has 5 heteroatoms. The molecule has 0 amide bonds. The van der Waals surface area contributed by atoms with Crippen molar-refractivity contribution >= 4 is 17.2 Å². The molecule has 2 aromatic rings. The molecule has 0 saturated carbocycles. The van der Waals surface area contributed by atoms with E-state index < -0.39 is 0 Å². The average Bonchev–Trinajstić information content (AvgIpc) is 3.02. The van der Waals surface area contributed by atoms with Gasteiger partial charge < -0.3 is 19.3 Å². The van der Waals surface area contributed by atoms with Crippen LogP contribution in [0.15, 0.2) is 30.5 Å². The molecule has 3 aliphatic heterocycles. The highest BCUT2D eigenvalue weighted by atomic mass is 16.6. The van der Waals surface area contributed by atoms with Crippen molar-refractivity contribution < 1.29 is 9.47 Å². The van der Waals surface area contributed by atoms with Crippen molar-refractivity contribution in [2.24, 2.45) is 0 Å². The zero-order valence-electron chi connectivity index (χ0n) is 11.7. The quantitative estimate of drug-likeness (QED) is 0.741. The number of aromatic nitrogens is 1. The summed E-state index contributed by atoms with van der Waals surface area (Å²) in [5, 5.41) is 0. The molecule has 0 bridgehead atoms. The number of pyridine rings is 1. The molecular weight excluding hydrogens is 266 g/mol. The Labute approximate surface area is 122 Å². The van der Waals surface area contributed by atoms with E-state index >= 15 is 0 Å². The van der Waals surface area contributed by atoms with Gasteiger partial charge in [0.15, 0.2) is 17.3 Å². The number of hydrogen-bond acceptors (Lipinski definition) is 5. The van der Waals surface area contributed by atoms with Crippen LogP contribution in [0.2, 0.25) is 0 Å². The van der Waals surface area contributed by atoms with Gasteiger partial charge in [-0.2, -0.15) is 0 Å². The first-order valence-corrected chi connectivity index (χ1v) is 7.22. The van der Waals surface area contributed by atoms with Crippen LogP contribution in [0.4, 0.5) is 17.2 Å². The highest BCUT2D eigenvalue weighted by molar-refractivity contribution is 5.85. The van der Waals surface area contributed by atoms with Gasteiger partial charge in [-0.25, -0.2) is 4.98 Å². The van der Waals surface area contributed by atoms with Crippen LogP contribution in [0.5, 0.6) is 11.5 Å². The molecule has 1 unspecified atom stereocenters. The standard InChI is InChI=1S/C16H15N3O2/c1-18-11-3-2-4-17-16(11)19-12-9-14-13(20-5-6-21-14)7-10(12)8-15(18)19/h2-4,7,9,15H,5-6,8H2,1H3. The number of ether oxygens (including phenoxy) is 2. The van der Waals surface area contributed by atoms with Crippen molar-refractivity contribution in [2.75, 3.05) is 30.1 Å². The van der Waals surface area contributed by atoms with Gasteiger partial charge in [-0.05, 0) is 23.8 Å². The Morgan fingerprint density at radius 2 is 1.95 bits per heavy atom. The summed E-state index contributed by atoms with van der Waals surface area (Å²) >= 11 is 0. The fraction of sp³-hybridized carbons (Fsp3) is 0.312. The van der Waals surface area contributed by atoms with E-state index in [9.17, 15) is 0 Å². The molecule has 0 spiro atoms. The van der Waals surface area contributed by atoms with Crippen molar-refractivity contribution in [3.8, 4) is 11.5 Å². The van der Waals surface area contributed by atoms with Crippen LogP contribution in [0, 0.1) is 0 Å². The summed E-state index contributed by atoms with van der Waals surface area (Å²) < 4.78 is 11.4. The molecular formula is C16H15N3O2. The highest BCUT2D eigenvalue weighted by Gasteiger charge is 2.42. The number of fused-ring (bicyclic) bond motifs is 6. The molecule has 1 aromatic carbocycles. The smallest absolute Gasteiger partial charge is 0.163 e. The summed E-state index contributed by atoms with van der Waals surface area (Å²) in [6.45, 7) is 1.24. The number of nitrogens with zero attached hydrogens (tertiary/aromatic N) is 3. The Morgan fingerprint density at radius 1 is 1.14 bits per heavy atom. The van der Waals surface area contributed by atoms with Gasteiger partial charge in [-0.1, -0.05) is 0 Å². The van der Waals surface area contributed by atoms with Gasteiger partial charge in [0.2, 0.25) is 0 Å². The highest BCUT2D eigenvalue weighted by Crippen LogP contribution is 2.50. The Hall–Kier alpha value is -2.43. The third-order valence-corrected chi connectivity index (χ3v) is 4.52. The Kier molecular flexibility index (Phi) is 2.04. The van der Waals surface area contributed by atoms with Crippen molar-refractivity contribution in [3.05, 3.63) is 36.0 Å². The monoisotopic (exact) mass is 281 g/mol. The fourth-order valence-corrected chi connectivity index (χ4v) is 3.53. The maximum Gasteiger partial charge on any atom is 0.163 e. The molecule has 106 valence electrons. The first kappa shape index (κ1) is 11.3. The zero-order valence-corrected chi connectivity index (χ0v) is 11.7. The molecule has 1 aromatic heterocycles. The maximum atomic E-state index is 5.73. The second-order valence-electron chi connectivity index (χ2n) is 5.64. The summed E-state index contributed by atoms with van der Waals surface area (Å²) in [5.41, 5.74) is 3.67. The van der Waals surface area contributed by atoms with Crippen LogP contribution in [0.25, 0.3) is 0 Å². The first-order valence-electron chi connectivity index (χ1n) is 7.22. The van der Waals surface area contributed by atoms with E-state index in [0.717, 1.165) is 23.7 Å². The van der Waals surface area contributed by atoms with Gasteiger partial charge in [0, 0.05) is 25.7 Å². The van der Waals surface area contributed by atoms with Crippen LogP contribution in [0.1, 0.15) is 5.56 Å². The summed E-state index contributed by atoms with van der Waals surface area (Å²) in [6, 6.07) is 8.33. The lowest BCUT2D eigenvalue weighted by molar-refractivity contribution is 0.171. The van der Waals surface area contributed by atoms with Gasteiger partial charge >= 0.3 is 0 Å². The number of likely N-dealkylation sites (N-methyl/N-ethyl adjacent to an activating group) is 1. The minimum Gasteiger partial charge on any atom is -0.486 e. The molecule has 0 aliphatic carbocycles. The lowest BCUT2D eigenvalue weighted by atomic mass is 10.1. The molecule has 0 saturated heterocycles. The number of anilines is 3. The molecule has 0 radical (unpaired) electrons. The van der Waals surface area contributed by atoms with E-state index in [2.05, 4.69) is 40.0 Å². The van der Waals surface area contributed by atoms with Crippen molar-refractivity contribution in [2.45, 2.75) is 12.6 Å². The van der Waals surface area contributed by atoms with Crippen LogP contribution in [-0.2, 0) is 6.42 Å². The normalized spacial score (nSPS) is 21.1. The van der Waals surface area contributed by atoms with Gasteiger partial charge in [-0.3, -0.25) is 0 Å². The Bertz CT molecular complexity index is 746. The zero-order chi connectivity index (χ0) is 14.0. The molecule has 3 aliphatic rings.